The molecule has 0 amide bonds. The average Bonchev–Trinajstić information content (AvgIpc) is 1.69. The van der Waals surface area contributed by atoms with E-state index in [1.54, 1.807) is 0.515 Å². The van der Waals surface area contributed by atoms with E-state index in [1.165, 1.54) is 25.7 Å². The SMILES string of the molecule is CCCCC[CH2][K]. The minimum absolute atomic E-state index is 1.11. The third-order valence-corrected chi connectivity index (χ3v) is 2.31. The molecule has 0 saturated carbocycles. The molecule has 0 spiro atoms. The average molecular weight is 124 g/mol. The molecule has 0 nitrogen and oxygen atoms in total. The molecule has 7 heavy (non-hydrogen) atoms. The molecule has 0 saturated heterocycles. The fraction of sp³-hybridized carbons (Fsp3) is 1.00. The van der Waals surface area contributed by atoms with E-state index in [0.717, 1.165) is 49.0 Å². The van der Waals surface area contributed by atoms with E-state index in [1.807, 2.05) is 0 Å². The van der Waals surface area contributed by atoms with Gasteiger partial charge in [-0.3, -0.25) is 0 Å². The van der Waals surface area contributed by atoms with Crippen LogP contribution in [0.4, 0.5) is 0 Å². The van der Waals surface area contributed by atoms with Gasteiger partial charge in [0.1, 0.15) is 0 Å². The molecule has 0 N–H and O–H groups in total. The normalized spacial score (nSPS) is 9.57. The van der Waals surface area contributed by atoms with E-state index in [0.29, 0.717) is 0 Å². The first kappa shape index (κ1) is 8.64. The fourth-order valence-corrected chi connectivity index (χ4v) is 1.46. The Balaban J connectivity index is 2.45. The summed E-state index contributed by atoms with van der Waals surface area (Å²) >= 11 is 1.11. The Morgan fingerprint density at radius 2 is 1.86 bits per heavy atom. The monoisotopic (exact) mass is 124 g/mol. The number of unbranched alkanes of at least 4 members (excludes halogenated alkanes) is 3. The molecule has 1 heteroatoms. The van der Waals surface area contributed by atoms with Gasteiger partial charge < -0.3 is 0 Å². The quantitative estimate of drug-likeness (QED) is 0.398. The van der Waals surface area contributed by atoms with Crippen LogP contribution in [0.2, 0.25) is 0.515 Å². The van der Waals surface area contributed by atoms with Crippen LogP contribution in [-0.2, 0) is 0 Å². The summed E-state index contributed by atoms with van der Waals surface area (Å²) in [5, 5.41) is 0. The van der Waals surface area contributed by atoms with Crippen LogP contribution in [0.5, 0.6) is 0 Å². The summed E-state index contributed by atoms with van der Waals surface area (Å²) in [6, 6.07) is 0. The Labute approximate surface area is 80.6 Å². The molecule has 0 unspecified atom stereocenters. The van der Waals surface area contributed by atoms with Crippen LogP contribution in [0.3, 0.4) is 0 Å². The predicted octanol–water partition coefficient (Wildman–Crippen LogP) is 2.15. The summed E-state index contributed by atoms with van der Waals surface area (Å²) in [4.78, 5) is 0. The summed E-state index contributed by atoms with van der Waals surface area (Å²) in [6.45, 7) is 2.26. The van der Waals surface area contributed by atoms with Gasteiger partial charge in [-0.05, 0) is 0 Å². The van der Waals surface area contributed by atoms with Crippen LogP contribution < -0.4 is 0 Å². The summed E-state index contributed by atoms with van der Waals surface area (Å²) in [7, 11) is 0. The number of hydrogen-bond acceptors (Lipinski definition) is 0. The second kappa shape index (κ2) is 7.64. The molecule has 0 rings (SSSR count). The first-order chi connectivity index (χ1) is 3.41. The van der Waals surface area contributed by atoms with E-state index in [9.17, 15) is 0 Å². The van der Waals surface area contributed by atoms with Crippen molar-refractivity contribution in [2.45, 2.75) is 33.1 Å². The summed E-state index contributed by atoms with van der Waals surface area (Å²) < 4.78 is 1.55. The van der Waals surface area contributed by atoms with Gasteiger partial charge in [0, 0.05) is 0 Å². The van der Waals surface area contributed by atoms with Crippen LogP contribution in [0.25, 0.3) is 0 Å². The summed E-state index contributed by atoms with van der Waals surface area (Å²) in [6.07, 6.45) is 5.83. The minimum atomic E-state index is 1.11. The third kappa shape index (κ3) is 7.64. The Kier molecular flexibility index (Phi) is 9.42. The molecule has 0 fully saturated rings. The van der Waals surface area contributed by atoms with Crippen molar-refractivity contribution in [2.24, 2.45) is 0 Å². The topological polar surface area (TPSA) is 0 Å². The van der Waals surface area contributed by atoms with Gasteiger partial charge in [0.25, 0.3) is 0 Å². The zero-order chi connectivity index (χ0) is 5.54. The fourth-order valence-electron chi connectivity index (χ4n) is 0.677. The molecule has 0 heterocycles. The molecule has 0 radical (unpaired) electrons. The van der Waals surface area contributed by atoms with Crippen LogP contribution >= 0.6 is 0 Å². The third-order valence-electron chi connectivity index (χ3n) is 1.21. The van der Waals surface area contributed by atoms with E-state index in [4.69, 9.17) is 0 Å². The molecular weight excluding hydrogens is 111 g/mol. The molecule has 0 aliphatic carbocycles. The zero-order valence-corrected chi connectivity index (χ0v) is 8.66. The van der Waals surface area contributed by atoms with Crippen LogP contribution in [-0.4, -0.2) is 49.0 Å². The van der Waals surface area contributed by atoms with Crippen molar-refractivity contribution < 1.29 is 0 Å². The van der Waals surface area contributed by atoms with Crippen molar-refractivity contribution in [2.75, 3.05) is 0 Å². The first-order valence-electron chi connectivity index (χ1n) is 3.41. The van der Waals surface area contributed by atoms with Crippen molar-refractivity contribution in [3.05, 3.63) is 0 Å². The first-order valence-corrected chi connectivity index (χ1v) is 5.62. The van der Waals surface area contributed by atoms with Gasteiger partial charge in [0.2, 0.25) is 0 Å². The van der Waals surface area contributed by atoms with Crippen molar-refractivity contribution >= 4 is 49.0 Å². The van der Waals surface area contributed by atoms with E-state index in [2.05, 4.69) is 6.92 Å². The maximum absolute atomic E-state index is 2.26. The van der Waals surface area contributed by atoms with Crippen molar-refractivity contribution in [1.82, 2.24) is 0 Å². The molecular formula is C6H13K. The molecule has 0 aromatic heterocycles. The van der Waals surface area contributed by atoms with Gasteiger partial charge in [-0.25, -0.2) is 0 Å². The van der Waals surface area contributed by atoms with E-state index < -0.39 is 0 Å². The zero-order valence-electron chi connectivity index (χ0n) is 5.54. The Morgan fingerprint density at radius 1 is 1.14 bits per heavy atom. The van der Waals surface area contributed by atoms with Gasteiger partial charge in [0.15, 0.2) is 0 Å². The van der Waals surface area contributed by atoms with Crippen molar-refractivity contribution in [3.8, 4) is 0 Å². The molecule has 38 valence electrons. The van der Waals surface area contributed by atoms with Gasteiger partial charge in [-0.1, -0.05) is 0 Å². The van der Waals surface area contributed by atoms with Gasteiger partial charge in [-0.15, -0.1) is 0 Å². The molecule has 0 aromatic carbocycles. The van der Waals surface area contributed by atoms with Gasteiger partial charge in [-0.2, -0.15) is 0 Å². The summed E-state index contributed by atoms with van der Waals surface area (Å²) in [5.74, 6) is 0. The molecule has 0 atom stereocenters. The molecule has 0 aliphatic heterocycles. The Hall–Kier alpha value is 1.64. The Bertz CT molecular complexity index is 23.4. The maximum atomic E-state index is 2.26. The van der Waals surface area contributed by atoms with E-state index in [-0.39, 0.29) is 0 Å². The second-order valence-electron chi connectivity index (χ2n) is 2.06. The van der Waals surface area contributed by atoms with Crippen molar-refractivity contribution in [1.29, 1.82) is 0 Å². The van der Waals surface area contributed by atoms with Gasteiger partial charge >= 0.3 is 82.1 Å². The second-order valence-corrected chi connectivity index (χ2v) is 3.62. The van der Waals surface area contributed by atoms with Gasteiger partial charge in [0.05, 0.1) is 0 Å². The molecule has 0 aromatic rings. The molecule has 0 bridgehead atoms. The number of rotatable bonds is 4. The standard InChI is InChI=1S/C6H13.K/c1-3-5-6-4-2;/h1,3-6H2,2H3;. The van der Waals surface area contributed by atoms with Crippen LogP contribution in [0, 0.1) is 0 Å². The predicted molar refractivity (Wildman–Crippen MR) is 34.7 cm³/mol. The summed E-state index contributed by atoms with van der Waals surface area (Å²) in [5.41, 5.74) is 0. The Morgan fingerprint density at radius 3 is 2.29 bits per heavy atom. The van der Waals surface area contributed by atoms with E-state index >= 15 is 0 Å². The van der Waals surface area contributed by atoms with Crippen LogP contribution in [0.15, 0.2) is 0 Å². The molecule has 0 aliphatic rings. The van der Waals surface area contributed by atoms with Crippen LogP contribution in [0.1, 0.15) is 32.6 Å². The number of hydrogen-bond donors (Lipinski definition) is 0. The van der Waals surface area contributed by atoms with Crippen molar-refractivity contribution in [3.63, 3.8) is 0 Å².